The second kappa shape index (κ2) is 5.07. The highest BCUT2D eigenvalue weighted by Crippen LogP contribution is 2.32. The van der Waals surface area contributed by atoms with Crippen molar-refractivity contribution >= 4 is 15.7 Å². The van der Waals surface area contributed by atoms with E-state index in [1.54, 1.807) is 0 Å². The Morgan fingerprint density at radius 3 is 2.79 bits per heavy atom. The van der Waals surface area contributed by atoms with E-state index in [0.717, 1.165) is 18.2 Å². The third-order valence-corrected chi connectivity index (χ3v) is 5.58. The van der Waals surface area contributed by atoms with E-state index in [1.165, 1.54) is 4.31 Å². The molecule has 0 radical (unpaired) electrons. The molecule has 0 amide bonds. The van der Waals surface area contributed by atoms with E-state index < -0.39 is 21.9 Å². The van der Waals surface area contributed by atoms with Crippen LogP contribution >= 0.6 is 0 Å². The number of aliphatic hydroxyl groups excluding tert-OH is 1. The maximum Gasteiger partial charge on any atom is 0.245 e. The molecule has 1 aromatic rings. The lowest BCUT2D eigenvalue weighted by molar-refractivity contribution is 0.191. The summed E-state index contributed by atoms with van der Waals surface area (Å²) in [6, 6.07) is 2.77. The third kappa shape index (κ3) is 2.45. The summed E-state index contributed by atoms with van der Waals surface area (Å²) in [4.78, 5) is -0.110. The molecule has 0 spiro atoms. The Morgan fingerprint density at radius 2 is 2.21 bits per heavy atom. The summed E-state index contributed by atoms with van der Waals surface area (Å²) in [5.74, 6) is -0.494. The molecule has 5 nitrogen and oxygen atoms in total. The molecular formula is C12H17FN2O3S. The molecule has 7 heteroatoms. The van der Waals surface area contributed by atoms with Crippen LogP contribution in [0.4, 0.5) is 10.1 Å². The number of rotatable bonds is 3. The Labute approximate surface area is 111 Å². The van der Waals surface area contributed by atoms with Crippen LogP contribution in [0.15, 0.2) is 23.1 Å². The normalized spacial score (nSPS) is 24.8. The second-order valence-electron chi connectivity index (χ2n) is 4.81. The predicted molar refractivity (Wildman–Crippen MR) is 69.4 cm³/mol. The molecule has 3 N–H and O–H groups in total. The lowest BCUT2D eigenvalue weighted by atomic mass is 10.0. The van der Waals surface area contributed by atoms with Crippen LogP contribution in [0.1, 0.15) is 13.3 Å². The summed E-state index contributed by atoms with van der Waals surface area (Å²) >= 11 is 0. The lowest BCUT2D eigenvalue weighted by Gasteiger charge is -2.25. The Bertz CT molecular complexity index is 576. The van der Waals surface area contributed by atoms with Gasteiger partial charge in [0.1, 0.15) is 10.7 Å². The number of aliphatic hydroxyl groups is 1. The summed E-state index contributed by atoms with van der Waals surface area (Å²) in [5, 5.41) is 9.33. The van der Waals surface area contributed by atoms with Gasteiger partial charge in [-0.05, 0) is 30.5 Å². The predicted octanol–water partition coefficient (Wildman–Crippen LogP) is 0.799. The molecule has 1 aromatic carbocycles. The maximum absolute atomic E-state index is 13.0. The zero-order valence-corrected chi connectivity index (χ0v) is 11.4. The smallest absolute Gasteiger partial charge is 0.245 e. The van der Waals surface area contributed by atoms with Crippen LogP contribution in [-0.2, 0) is 10.0 Å². The van der Waals surface area contributed by atoms with Crippen molar-refractivity contribution in [3.63, 3.8) is 0 Å². The molecule has 0 aromatic heterocycles. The van der Waals surface area contributed by atoms with Crippen molar-refractivity contribution in [1.29, 1.82) is 0 Å². The van der Waals surface area contributed by atoms with Crippen molar-refractivity contribution in [1.82, 2.24) is 4.31 Å². The molecule has 1 fully saturated rings. The number of hydrogen-bond donors (Lipinski definition) is 2. The second-order valence-corrected chi connectivity index (χ2v) is 6.67. The van der Waals surface area contributed by atoms with Gasteiger partial charge in [-0.3, -0.25) is 0 Å². The maximum atomic E-state index is 13.0. The first kappa shape index (κ1) is 14.2. The van der Waals surface area contributed by atoms with E-state index in [1.807, 2.05) is 6.92 Å². The lowest BCUT2D eigenvalue weighted by Crippen LogP contribution is -2.40. The zero-order valence-electron chi connectivity index (χ0n) is 10.6. The fourth-order valence-electron chi connectivity index (χ4n) is 2.42. The Morgan fingerprint density at radius 1 is 1.53 bits per heavy atom. The average molecular weight is 288 g/mol. The molecule has 2 unspecified atom stereocenters. The van der Waals surface area contributed by atoms with Crippen molar-refractivity contribution in [2.24, 2.45) is 5.92 Å². The molecule has 2 rings (SSSR count). The Hall–Kier alpha value is -1.18. The van der Waals surface area contributed by atoms with Crippen molar-refractivity contribution in [3.8, 4) is 0 Å². The Kier molecular flexibility index (Phi) is 3.80. The quantitative estimate of drug-likeness (QED) is 0.806. The van der Waals surface area contributed by atoms with Gasteiger partial charge in [0.2, 0.25) is 10.0 Å². The van der Waals surface area contributed by atoms with E-state index in [2.05, 4.69) is 0 Å². The SMILES string of the molecule is CC1CCN(S(=O)(=O)c2ccc(F)cc2N)C1CO. The molecule has 0 aliphatic carbocycles. The fourth-order valence-corrected chi connectivity index (χ4v) is 4.25. The number of hydrogen-bond acceptors (Lipinski definition) is 4. The van der Waals surface area contributed by atoms with Gasteiger partial charge >= 0.3 is 0 Å². The largest absolute Gasteiger partial charge is 0.398 e. The minimum atomic E-state index is -3.80. The first-order valence-corrected chi connectivity index (χ1v) is 7.49. The van der Waals surface area contributed by atoms with E-state index in [4.69, 9.17) is 5.73 Å². The number of nitrogen functional groups attached to an aromatic ring is 1. The number of benzene rings is 1. The Balaban J connectivity index is 2.42. The zero-order chi connectivity index (χ0) is 14.2. The number of nitrogens with zero attached hydrogens (tertiary/aromatic N) is 1. The van der Waals surface area contributed by atoms with Gasteiger partial charge in [0.25, 0.3) is 0 Å². The molecule has 1 saturated heterocycles. The fraction of sp³-hybridized carbons (Fsp3) is 0.500. The van der Waals surface area contributed by atoms with Crippen molar-refractivity contribution < 1.29 is 17.9 Å². The molecule has 1 aliphatic heterocycles. The van der Waals surface area contributed by atoms with Gasteiger partial charge in [0, 0.05) is 6.54 Å². The van der Waals surface area contributed by atoms with E-state index in [-0.39, 0.29) is 23.1 Å². The van der Waals surface area contributed by atoms with Crippen LogP contribution in [-0.4, -0.2) is 37.0 Å². The van der Waals surface area contributed by atoms with Crippen molar-refractivity contribution in [3.05, 3.63) is 24.0 Å². The van der Waals surface area contributed by atoms with Gasteiger partial charge < -0.3 is 10.8 Å². The van der Waals surface area contributed by atoms with E-state index in [9.17, 15) is 17.9 Å². The number of sulfonamides is 1. The van der Waals surface area contributed by atoms with Crippen LogP contribution in [0, 0.1) is 11.7 Å². The minimum Gasteiger partial charge on any atom is -0.398 e. The van der Waals surface area contributed by atoms with Crippen LogP contribution < -0.4 is 5.73 Å². The highest BCUT2D eigenvalue weighted by molar-refractivity contribution is 7.89. The van der Waals surface area contributed by atoms with Crippen LogP contribution in [0.2, 0.25) is 0 Å². The van der Waals surface area contributed by atoms with Gasteiger partial charge in [0.15, 0.2) is 0 Å². The van der Waals surface area contributed by atoms with Gasteiger partial charge in [-0.25, -0.2) is 12.8 Å². The molecular weight excluding hydrogens is 271 g/mol. The summed E-state index contributed by atoms with van der Waals surface area (Å²) in [6.07, 6.45) is 0.686. The van der Waals surface area contributed by atoms with Gasteiger partial charge in [-0.1, -0.05) is 6.92 Å². The first-order valence-electron chi connectivity index (χ1n) is 6.05. The van der Waals surface area contributed by atoms with Crippen molar-refractivity contribution in [2.75, 3.05) is 18.9 Å². The third-order valence-electron chi connectivity index (χ3n) is 3.58. The minimum absolute atomic E-state index is 0.0847. The standard InChI is InChI=1S/C12H17FN2O3S/c1-8-4-5-15(11(8)7-16)19(17,18)12-3-2-9(13)6-10(12)14/h2-3,6,8,11,16H,4-5,7,14H2,1H3. The molecule has 2 atom stereocenters. The van der Waals surface area contributed by atoms with E-state index in [0.29, 0.717) is 13.0 Å². The average Bonchev–Trinajstić information content (AvgIpc) is 2.70. The molecule has 106 valence electrons. The topological polar surface area (TPSA) is 83.6 Å². The number of anilines is 1. The van der Waals surface area contributed by atoms with Crippen LogP contribution in [0.25, 0.3) is 0 Å². The molecule has 0 bridgehead atoms. The number of halogens is 1. The first-order chi connectivity index (χ1) is 8.87. The molecule has 0 saturated carbocycles. The van der Waals surface area contributed by atoms with Crippen molar-refractivity contribution in [2.45, 2.75) is 24.3 Å². The van der Waals surface area contributed by atoms with Gasteiger partial charge in [0.05, 0.1) is 18.3 Å². The summed E-state index contributed by atoms with van der Waals surface area (Å²) in [6.45, 7) is 2.00. The summed E-state index contributed by atoms with van der Waals surface area (Å²) in [5.41, 5.74) is 5.47. The monoisotopic (exact) mass is 288 g/mol. The highest BCUT2D eigenvalue weighted by Gasteiger charge is 2.39. The highest BCUT2D eigenvalue weighted by atomic mass is 32.2. The molecule has 19 heavy (non-hydrogen) atoms. The van der Waals surface area contributed by atoms with Gasteiger partial charge in [-0.15, -0.1) is 0 Å². The van der Waals surface area contributed by atoms with Crippen LogP contribution in [0.3, 0.4) is 0 Å². The summed E-state index contributed by atoms with van der Waals surface area (Å²) in [7, 11) is -3.80. The summed E-state index contributed by atoms with van der Waals surface area (Å²) < 4.78 is 39.2. The molecule has 1 heterocycles. The van der Waals surface area contributed by atoms with E-state index >= 15 is 0 Å². The molecule has 1 aliphatic rings. The van der Waals surface area contributed by atoms with Gasteiger partial charge in [-0.2, -0.15) is 4.31 Å². The number of nitrogens with two attached hydrogens (primary N) is 1. The van der Waals surface area contributed by atoms with Crippen LogP contribution in [0.5, 0.6) is 0 Å².